The number of aromatic nitrogens is 1. The van der Waals surface area contributed by atoms with E-state index in [2.05, 4.69) is 30.3 Å². The lowest BCUT2D eigenvalue weighted by molar-refractivity contribution is -0.0186. The first-order valence-corrected chi connectivity index (χ1v) is 19.6. The van der Waals surface area contributed by atoms with E-state index >= 15 is 8.78 Å². The highest BCUT2D eigenvalue weighted by molar-refractivity contribution is 7.17. The van der Waals surface area contributed by atoms with Crippen LogP contribution >= 0.6 is 11.3 Å². The highest BCUT2D eigenvalue weighted by atomic mass is 32.1. The number of β-amino-alcohol motifs (C(OH)–C–C–N with tert-alkyl or cyclic N) is 1. The number of benzene rings is 1. The van der Waals surface area contributed by atoms with Crippen molar-refractivity contribution in [1.82, 2.24) is 20.1 Å². The zero-order valence-corrected chi connectivity index (χ0v) is 33.6. The molecule has 0 radical (unpaired) electrons. The fraction of sp³-hybridized carbons (Fsp3) is 0.524. The van der Waals surface area contributed by atoms with Crippen LogP contribution in [-0.4, -0.2) is 90.0 Å². The number of nitrogens with zero attached hydrogens (tertiary/aromatic N) is 4. The number of fused-ring (bicyclic) bond motifs is 2. The van der Waals surface area contributed by atoms with E-state index in [1.165, 1.54) is 23.8 Å². The average molecular weight is 750 g/mol. The molecule has 3 saturated heterocycles. The van der Waals surface area contributed by atoms with E-state index in [9.17, 15) is 5.11 Å². The third kappa shape index (κ3) is 8.38. The second-order valence-corrected chi connectivity index (χ2v) is 15.9. The molecule has 0 spiro atoms. The Labute approximate surface area is 316 Å². The molecule has 2 N–H and O–H groups in total. The number of pyridine rings is 1. The minimum atomic E-state index is -3.12. The minimum absolute atomic E-state index is 0.0349. The molecule has 0 aliphatic carbocycles. The van der Waals surface area contributed by atoms with Crippen LogP contribution in [0.25, 0.3) is 52.6 Å². The van der Waals surface area contributed by atoms with Crippen LogP contribution in [0.15, 0.2) is 29.4 Å². The predicted molar refractivity (Wildman–Crippen MR) is 217 cm³/mol. The highest BCUT2D eigenvalue weighted by Crippen LogP contribution is 2.42. The number of aliphatic imine (C=N–C) groups is 1. The normalized spacial score (nSPS) is 25.0. The first kappa shape index (κ1) is 40.5. The maximum Gasteiger partial charge on any atom is 0.271 e. The molecule has 3 aromatic rings. The SMILES string of the molecule is C=c1cc(C(C)(F)F)c(/C=C\C)c(-c2nccc3/c(=C(/N=C(\C)OC[C@@]45CCCN4C[C@H](C)C5)N4CCOC[C@@](C)(O)C4)c(=C)sc23)/c1=C/NC.CC. The van der Waals surface area contributed by atoms with Crippen molar-refractivity contribution in [2.45, 2.75) is 84.8 Å². The van der Waals surface area contributed by atoms with E-state index in [4.69, 9.17) is 19.5 Å². The molecule has 8 nitrogen and oxygen atoms in total. The summed E-state index contributed by atoms with van der Waals surface area (Å²) in [5.74, 6) is -1.34. The van der Waals surface area contributed by atoms with E-state index in [1.54, 1.807) is 38.5 Å². The molecule has 3 fully saturated rings. The van der Waals surface area contributed by atoms with Crippen LogP contribution in [0.5, 0.6) is 0 Å². The Morgan fingerprint density at radius 1 is 1.30 bits per heavy atom. The van der Waals surface area contributed by atoms with Crippen molar-refractivity contribution in [2.75, 3.05) is 53.0 Å². The molecule has 5 heterocycles. The third-order valence-electron chi connectivity index (χ3n) is 10.3. The Kier molecular flexibility index (Phi) is 12.5. The Balaban J connectivity index is 0.00000266. The van der Waals surface area contributed by atoms with Gasteiger partial charge in [0, 0.05) is 77.9 Å². The first-order valence-electron chi connectivity index (χ1n) is 18.8. The van der Waals surface area contributed by atoms with E-state index < -0.39 is 11.5 Å². The van der Waals surface area contributed by atoms with Gasteiger partial charge in [0.2, 0.25) is 0 Å². The average Bonchev–Trinajstić information content (AvgIpc) is 3.70. The van der Waals surface area contributed by atoms with Gasteiger partial charge in [-0.1, -0.05) is 46.1 Å². The molecule has 3 aliphatic rings. The summed E-state index contributed by atoms with van der Waals surface area (Å²) < 4.78 is 44.3. The number of ether oxygens (including phenoxy) is 2. The van der Waals surface area contributed by atoms with E-state index in [0.717, 1.165) is 52.7 Å². The number of thiophene rings is 1. The van der Waals surface area contributed by atoms with Gasteiger partial charge in [-0.15, -0.1) is 11.3 Å². The van der Waals surface area contributed by atoms with Gasteiger partial charge in [0.15, 0.2) is 5.90 Å². The number of hydrogen-bond donors (Lipinski definition) is 2. The number of nitrogens with one attached hydrogen (secondary N) is 1. The number of allylic oxidation sites excluding steroid dienone is 1. The van der Waals surface area contributed by atoms with Gasteiger partial charge >= 0.3 is 0 Å². The Hall–Kier alpha value is -3.64. The van der Waals surface area contributed by atoms with Crippen LogP contribution < -0.4 is 25.5 Å². The van der Waals surface area contributed by atoms with Gasteiger partial charge in [0.05, 0.1) is 35.7 Å². The summed E-state index contributed by atoms with van der Waals surface area (Å²) in [6.45, 7) is 25.5. The molecule has 11 heteroatoms. The molecule has 0 bridgehead atoms. The van der Waals surface area contributed by atoms with Gasteiger partial charge in [-0.05, 0) is 68.5 Å². The molecule has 288 valence electrons. The third-order valence-corrected chi connectivity index (χ3v) is 11.4. The lowest BCUT2D eigenvalue weighted by Crippen LogP contribution is -2.43. The first-order chi connectivity index (χ1) is 25.2. The van der Waals surface area contributed by atoms with Crippen LogP contribution in [0.4, 0.5) is 8.78 Å². The molecular weight excluding hydrogens is 693 g/mol. The maximum atomic E-state index is 15.2. The van der Waals surface area contributed by atoms with Gasteiger partial charge in [-0.3, -0.25) is 9.88 Å². The number of alkyl halides is 2. The molecule has 6 rings (SSSR count). The minimum Gasteiger partial charge on any atom is -0.479 e. The lowest BCUT2D eigenvalue weighted by Gasteiger charge is -2.32. The number of rotatable bonds is 8. The Bertz CT molecular complexity index is 2090. The van der Waals surface area contributed by atoms with Crippen molar-refractivity contribution >= 4 is 58.6 Å². The van der Waals surface area contributed by atoms with E-state index in [0.29, 0.717) is 64.7 Å². The van der Waals surface area contributed by atoms with E-state index in [1.807, 2.05) is 38.7 Å². The summed E-state index contributed by atoms with van der Waals surface area (Å²) in [7, 11) is 1.77. The molecule has 2 aromatic heterocycles. The van der Waals surface area contributed by atoms with Crippen LogP contribution in [0.1, 0.15) is 78.9 Å². The second kappa shape index (κ2) is 16.4. The van der Waals surface area contributed by atoms with Crippen LogP contribution in [0.3, 0.4) is 0 Å². The largest absolute Gasteiger partial charge is 0.479 e. The molecule has 3 atom stereocenters. The topological polar surface area (TPSA) is 82.5 Å². The standard InChI is InChI=1S/C40H51F2N5O3S.C2H6/c1-9-11-29-32(39(7,41)42)18-26(3)31(20-43-8)34(29)35-36-30(12-14-44-35)33(27(4)51-36)37(46-16-17-49-23-38(6,48)22-46)45-28(5)50-24-40-13-10-15-47(40)21-25(2)19-40;1-2/h9,11-12,14,18,20,25,43,48H,3-4,10,13,15-17,19,21-24H2,1-2,5-8H3;1-2H3/b11-9-,31-20+,37-33-,45-28+;/t25-,38+,40+;/m1./s1. The fourth-order valence-corrected chi connectivity index (χ4v) is 9.33. The molecule has 53 heavy (non-hydrogen) atoms. The number of hydrogen-bond acceptors (Lipinski definition) is 9. The zero-order chi connectivity index (χ0) is 38.7. The summed E-state index contributed by atoms with van der Waals surface area (Å²) in [5.41, 5.74) is 0.294. The van der Waals surface area contributed by atoms with Crippen LogP contribution in [0, 0.1) is 5.92 Å². The van der Waals surface area contributed by atoms with Gasteiger partial charge in [-0.2, -0.15) is 4.99 Å². The summed E-state index contributed by atoms with van der Waals surface area (Å²) in [6.07, 6.45) is 10.4. The van der Waals surface area contributed by atoms with Crippen molar-refractivity contribution in [1.29, 1.82) is 0 Å². The maximum absolute atomic E-state index is 15.2. The smallest absolute Gasteiger partial charge is 0.271 e. The summed E-state index contributed by atoms with van der Waals surface area (Å²) >= 11 is 1.45. The molecular formula is C42H57F2N5O3S. The van der Waals surface area contributed by atoms with Crippen molar-refractivity contribution in [2.24, 2.45) is 10.9 Å². The van der Waals surface area contributed by atoms with Crippen molar-refractivity contribution in [3.63, 3.8) is 0 Å². The second-order valence-electron chi connectivity index (χ2n) is 14.8. The van der Waals surface area contributed by atoms with Gasteiger partial charge in [-0.25, -0.2) is 8.78 Å². The van der Waals surface area contributed by atoms with Crippen LogP contribution in [-0.2, 0) is 15.4 Å². The van der Waals surface area contributed by atoms with Crippen molar-refractivity contribution in [3.8, 4) is 11.3 Å². The van der Waals surface area contributed by atoms with Crippen molar-refractivity contribution < 1.29 is 23.4 Å². The molecule has 0 amide bonds. The quantitative estimate of drug-likeness (QED) is 0.237. The number of halogens is 2. The fourth-order valence-electron chi connectivity index (χ4n) is 8.24. The lowest BCUT2D eigenvalue weighted by atomic mass is 9.91. The summed E-state index contributed by atoms with van der Waals surface area (Å²) in [6, 6.07) is 3.38. The Morgan fingerprint density at radius 2 is 2.06 bits per heavy atom. The Morgan fingerprint density at radius 3 is 2.75 bits per heavy atom. The zero-order valence-electron chi connectivity index (χ0n) is 32.7. The summed E-state index contributed by atoms with van der Waals surface area (Å²) in [4.78, 5) is 14.6. The van der Waals surface area contributed by atoms with Gasteiger partial charge in [0.25, 0.3) is 5.92 Å². The van der Waals surface area contributed by atoms with E-state index in [-0.39, 0.29) is 24.3 Å². The molecule has 0 unspecified atom stereocenters. The van der Waals surface area contributed by atoms with Crippen LogP contribution in [0.2, 0.25) is 0 Å². The monoisotopic (exact) mass is 749 g/mol. The number of aliphatic hydroxyl groups is 1. The highest BCUT2D eigenvalue weighted by Gasteiger charge is 2.47. The van der Waals surface area contributed by atoms with Gasteiger partial charge < -0.3 is 24.8 Å². The summed E-state index contributed by atoms with van der Waals surface area (Å²) in [5, 5.41) is 17.1. The van der Waals surface area contributed by atoms with Crippen molar-refractivity contribution in [3.05, 3.63) is 55.7 Å². The van der Waals surface area contributed by atoms with Gasteiger partial charge in [0.1, 0.15) is 18.0 Å². The predicted octanol–water partition coefficient (Wildman–Crippen LogP) is 5.37. The molecule has 0 saturated carbocycles. The molecule has 3 aliphatic heterocycles. The molecule has 1 aromatic carbocycles.